The van der Waals surface area contributed by atoms with Gasteiger partial charge in [0.15, 0.2) is 5.92 Å². The molecule has 0 radical (unpaired) electrons. The van der Waals surface area contributed by atoms with Gasteiger partial charge in [-0.05, 0) is 38.2 Å². The van der Waals surface area contributed by atoms with Crippen LogP contribution in [0.1, 0.15) is 32.6 Å². The molecule has 0 saturated carbocycles. The number of esters is 1. The molecule has 0 aliphatic heterocycles. The van der Waals surface area contributed by atoms with Crippen molar-refractivity contribution in [2.45, 2.75) is 32.6 Å². The van der Waals surface area contributed by atoms with Crippen LogP contribution in [0.4, 0.5) is 0 Å². The van der Waals surface area contributed by atoms with Gasteiger partial charge in [-0.25, -0.2) is 0 Å². The molecule has 14 heavy (non-hydrogen) atoms. The van der Waals surface area contributed by atoms with Crippen LogP contribution in [-0.4, -0.2) is 12.6 Å². The quantitative estimate of drug-likeness (QED) is 0.510. The summed E-state index contributed by atoms with van der Waals surface area (Å²) in [5, 5.41) is 8.88. The first kappa shape index (κ1) is 10.8. The first-order chi connectivity index (χ1) is 6.79. The van der Waals surface area contributed by atoms with Crippen LogP contribution in [0.2, 0.25) is 0 Å². The molecule has 0 heterocycles. The lowest BCUT2D eigenvalue weighted by molar-refractivity contribution is -0.144. The van der Waals surface area contributed by atoms with Crippen molar-refractivity contribution in [2.24, 2.45) is 5.92 Å². The van der Waals surface area contributed by atoms with Crippen LogP contribution in [0.5, 0.6) is 0 Å². The third-order valence-corrected chi connectivity index (χ3v) is 2.35. The minimum absolute atomic E-state index is 0.338. The summed E-state index contributed by atoms with van der Waals surface area (Å²) in [6.07, 6.45) is 6.08. The molecule has 0 aromatic heterocycles. The molecule has 1 aliphatic rings. The summed E-state index contributed by atoms with van der Waals surface area (Å²) in [7, 11) is 0. The van der Waals surface area contributed by atoms with E-state index in [-0.39, 0.29) is 0 Å². The first-order valence-corrected chi connectivity index (χ1v) is 5.04. The van der Waals surface area contributed by atoms with E-state index in [1.807, 2.05) is 12.1 Å². The lowest BCUT2D eigenvalue weighted by Gasteiger charge is -2.16. The largest absolute Gasteiger partial charge is 0.465 e. The maximum absolute atomic E-state index is 11.4. The van der Waals surface area contributed by atoms with Crippen LogP contribution in [0.25, 0.3) is 0 Å². The van der Waals surface area contributed by atoms with E-state index in [1.165, 1.54) is 0 Å². The number of ether oxygens (including phenoxy) is 1. The molecule has 0 bridgehead atoms. The van der Waals surface area contributed by atoms with Crippen molar-refractivity contribution < 1.29 is 9.53 Å². The van der Waals surface area contributed by atoms with Crippen molar-refractivity contribution in [3.05, 3.63) is 11.6 Å². The fourth-order valence-electron chi connectivity index (χ4n) is 1.64. The Morgan fingerprint density at radius 1 is 1.71 bits per heavy atom. The summed E-state index contributed by atoms with van der Waals surface area (Å²) >= 11 is 0. The zero-order valence-electron chi connectivity index (χ0n) is 8.45. The number of carbonyl (C=O) groups is 1. The summed E-state index contributed by atoms with van der Waals surface area (Å²) in [6.45, 7) is 2.09. The SMILES string of the molecule is CCOC(=O)[C@H](C#N)C1=CCCCC1. The second kappa shape index (κ2) is 5.43. The second-order valence-electron chi connectivity index (χ2n) is 3.34. The Morgan fingerprint density at radius 3 is 3.00 bits per heavy atom. The number of hydrogen-bond acceptors (Lipinski definition) is 3. The van der Waals surface area contributed by atoms with Gasteiger partial charge in [0.1, 0.15) is 0 Å². The highest BCUT2D eigenvalue weighted by Crippen LogP contribution is 2.24. The molecule has 0 aromatic rings. The highest BCUT2D eigenvalue weighted by molar-refractivity contribution is 5.78. The van der Waals surface area contributed by atoms with Gasteiger partial charge in [0, 0.05) is 0 Å². The molecule has 0 unspecified atom stereocenters. The molecule has 76 valence electrons. The van der Waals surface area contributed by atoms with Gasteiger partial charge in [0.2, 0.25) is 0 Å². The summed E-state index contributed by atoms with van der Waals surface area (Å²) in [6, 6.07) is 2.01. The van der Waals surface area contributed by atoms with E-state index < -0.39 is 11.9 Å². The fourth-order valence-corrected chi connectivity index (χ4v) is 1.64. The molecule has 1 aliphatic carbocycles. The molecule has 0 saturated heterocycles. The highest BCUT2D eigenvalue weighted by atomic mass is 16.5. The van der Waals surface area contributed by atoms with E-state index >= 15 is 0 Å². The molecule has 0 spiro atoms. The molecule has 0 N–H and O–H groups in total. The number of rotatable bonds is 3. The van der Waals surface area contributed by atoms with Gasteiger partial charge in [-0.15, -0.1) is 0 Å². The van der Waals surface area contributed by atoms with Crippen LogP contribution in [-0.2, 0) is 9.53 Å². The fraction of sp³-hybridized carbons (Fsp3) is 0.636. The monoisotopic (exact) mass is 193 g/mol. The Hall–Kier alpha value is -1.30. The predicted octanol–water partition coefficient (Wildman–Crippen LogP) is 2.19. The normalized spacial score (nSPS) is 17.9. The third-order valence-electron chi connectivity index (χ3n) is 2.35. The average molecular weight is 193 g/mol. The molecule has 1 rings (SSSR count). The molecule has 3 heteroatoms. The summed E-state index contributed by atoms with van der Waals surface area (Å²) < 4.78 is 4.85. The second-order valence-corrected chi connectivity index (χ2v) is 3.34. The van der Waals surface area contributed by atoms with Gasteiger partial charge in [-0.3, -0.25) is 4.79 Å². The van der Waals surface area contributed by atoms with Gasteiger partial charge < -0.3 is 4.74 Å². The van der Waals surface area contributed by atoms with Crippen LogP contribution in [0.15, 0.2) is 11.6 Å². The van der Waals surface area contributed by atoms with Gasteiger partial charge in [-0.2, -0.15) is 5.26 Å². The number of nitrogens with zero attached hydrogens (tertiary/aromatic N) is 1. The molecule has 1 atom stereocenters. The van der Waals surface area contributed by atoms with E-state index in [1.54, 1.807) is 6.92 Å². The molecule has 3 nitrogen and oxygen atoms in total. The lowest BCUT2D eigenvalue weighted by Crippen LogP contribution is -2.19. The summed E-state index contributed by atoms with van der Waals surface area (Å²) in [5.74, 6) is -1.07. The minimum atomic E-state index is -0.671. The first-order valence-electron chi connectivity index (χ1n) is 5.04. The van der Waals surface area contributed by atoms with E-state index in [9.17, 15) is 4.79 Å². The maximum Gasteiger partial charge on any atom is 0.327 e. The van der Waals surface area contributed by atoms with Crippen LogP contribution < -0.4 is 0 Å². The summed E-state index contributed by atoms with van der Waals surface area (Å²) in [5.41, 5.74) is 0.942. The molecule has 0 fully saturated rings. The predicted molar refractivity (Wildman–Crippen MR) is 52.3 cm³/mol. The van der Waals surface area contributed by atoms with Crippen molar-refractivity contribution in [2.75, 3.05) is 6.61 Å². The standard InChI is InChI=1S/C11H15NO2/c1-2-14-11(13)10(8-12)9-6-4-3-5-7-9/h6,10H,2-5,7H2,1H3/t10-/m1/s1. The Kier molecular flexibility index (Phi) is 4.18. The van der Waals surface area contributed by atoms with Gasteiger partial charge in [0.05, 0.1) is 12.7 Å². The zero-order valence-corrected chi connectivity index (χ0v) is 8.45. The lowest BCUT2D eigenvalue weighted by atomic mass is 9.90. The number of allylic oxidation sites excluding steroid dienone is 1. The van der Waals surface area contributed by atoms with E-state index in [0.29, 0.717) is 6.61 Å². The summed E-state index contributed by atoms with van der Waals surface area (Å²) in [4.78, 5) is 11.4. The molecular formula is C11H15NO2. The van der Waals surface area contributed by atoms with Crippen LogP contribution in [0, 0.1) is 17.2 Å². The van der Waals surface area contributed by atoms with Crippen molar-refractivity contribution >= 4 is 5.97 Å². The average Bonchev–Trinajstić information content (AvgIpc) is 2.21. The number of carbonyl (C=O) groups excluding carboxylic acids is 1. The van der Waals surface area contributed by atoms with Gasteiger partial charge in [-0.1, -0.05) is 6.08 Å². The molecule has 0 amide bonds. The van der Waals surface area contributed by atoms with Gasteiger partial charge >= 0.3 is 5.97 Å². The van der Waals surface area contributed by atoms with E-state index in [2.05, 4.69) is 0 Å². The molecule has 0 aromatic carbocycles. The minimum Gasteiger partial charge on any atom is -0.465 e. The zero-order chi connectivity index (χ0) is 10.4. The Balaban J connectivity index is 2.66. The van der Waals surface area contributed by atoms with E-state index in [4.69, 9.17) is 10.00 Å². The Labute approximate surface area is 84.4 Å². The third kappa shape index (κ3) is 2.59. The number of nitriles is 1. The maximum atomic E-state index is 11.4. The van der Waals surface area contributed by atoms with Crippen molar-refractivity contribution in [1.29, 1.82) is 5.26 Å². The Morgan fingerprint density at radius 2 is 2.50 bits per heavy atom. The topological polar surface area (TPSA) is 50.1 Å². The van der Waals surface area contributed by atoms with E-state index in [0.717, 1.165) is 31.3 Å². The highest BCUT2D eigenvalue weighted by Gasteiger charge is 2.24. The van der Waals surface area contributed by atoms with Crippen molar-refractivity contribution in [3.8, 4) is 6.07 Å². The molecular weight excluding hydrogens is 178 g/mol. The van der Waals surface area contributed by atoms with Gasteiger partial charge in [0.25, 0.3) is 0 Å². The van der Waals surface area contributed by atoms with Crippen LogP contribution in [0.3, 0.4) is 0 Å². The van der Waals surface area contributed by atoms with Crippen molar-refractivity contribution in [1.82, 2.24) is 0 Å². The number of hydrogen-bond donors (Lipinski definition) is 0. The smallest absolute Gasteiger partial charge is 0.327 e. The Bertz CT molecular complexity index is 276. The van der Waals surface area contributed by atoms with Crippen molar-refractivity contribution in [3.63, 3.8) is 0 Å². The van der Waals surface area contributed by atoms with Crippen LogP contribution >= 0.6 is 0 Å².